The van der Waals surface area contributed by atoms with E-state index in [1.54, 1.807) is 0 Å². The number of halogens is 1. The molecule has 1 unspecified atom stereocenters. The number of hydrogen-bond acceptors (Lipinski definition) is 4. The van der Waals surface area contributed by atoms with Crippen LogP contribution in [0.1, 0.15) is 59.3 Å². The maximum atomic E-state index is 13.3. The zero-order chi connectivity index (χ0) is 19.1. The van der Waals surface area contributed by atoms with E-state index in [0.29, 0.717) is 16.4 Å². The Labute approximate surface area is 173 Å². The van der Waals surface area contributed by atoms with Gasteiger partial charge in [0.05, 0.1) is 5.02 Å². The van der Waals surface area contributed by atoms with E-state index < -0.39 is 0 Å². The summed E-state index contributed by atoms with van der Waals surface area (Å²) < 4.78 is 3.38. The van der Waals surface area contributed by atoms with Crippen molar-refractivity contribution in [1.82, 2.24) is 19.7 Å². The van der Waals surface area contributed by atoms with Gasteiger partial charge in [-0.1, -0.05) is 36.2 Å². The first-order chi connectivity index (χ1) is 13.7. The number of benzene rings is 1. The van der Waals surface area contributed by atoms with Gasteiger partial charge in [0.15, 0.2) is 0 Å². The second kappa shape index (κ2) is 7.48. The van der Waals surface area contributed by atoms with Crippen LogP contribution < -0.4 is 0 Å². The number of aromatic nitrogens is 3. The van der Waals surface area contributed by atoms with Crippen LogP contribution in [0.5, 0.6) is 0 Å². The average molecular weight is 415 g/mol. The van der Waals surface area contributed by atoms with Crippen LogP contribution in [0.4, 0.5) is 0 Å². The first-order valence-electron chi connectivity index (χ1n) is 10.1. The van der Waals surface area contributed by atoms with E-state index in [2.05, 4.69) is 14.8 Å². The minimum atomic E-state index is 0.0477. The van der Waals surface area contributed by atoms with Gasteiger partial charge in [0.25, 0.3) is 5.91 Å². The first kappa shape index (κ1) is 18.1. The third-order valence-electron chi connectivity index (χ3n) is 5.94. The van der Waals surface area contributed by atoms with Gasteiger partial charge in [-0.05, 0) is 31.7 Å². The molecule has 5 nitrogen and oxygen atoms in total. The number of hydrogen-bond donors (Lipinski definition) is 0. The van der Waals surface area contributed by atoms with Gasteiger partial charge in [0, 0.05) is 42.1 Å². The summed E-state index contributed by atoms with van der Waals surface area (Å²) in [6.45, 7) is 2.48. The minimum absolute atomic E-state index is 0.0477. The number of nitrogens with zero attached hydrogens (tertiary/aromatic N) is 4. The van der Waals surface area contributed by atoms with Crippen molar-refractivity contribution < 1.29 is 4.79 Å². The molecule has 1 atom stereocenters. The molecule has 2 aromatic heterocycles. The van der Waals surface area contributed by atoms with Crippen LogP contribution in [-0.4, -0.2) is 38.7 Å². The van der Waals surface area contributed by atoms with E-state index in [1.807, 2.05) is 29.2 Å². The fraction of sp³-hybridized carbons (Fsp3) is 0.476. The fourth-order valence-corrected chi connectivity index (χ4v) is 5.96. The summed E-state index contributed by atoms with van der Waals surface area (Å²) in [7, 11) is 0. The summed E-state index contributed by atoms with van der Waals surface area (Å²) in [6.07, 6.45) is 6.69. The molecule has 1 amide bonds. The van der Waals surface area contributed by atoms with Gasteiger partial charge in [-0.15, -0.1) is 21.5 Å². The molecule has 146 valence electrons. The molecule has 1 fully saturated rings. The second-order valence-electron chi connectivity index (χ2n) is 7.77. The Bertz CT molecular complexity index is 1030. The van der Waals surface area contributed by atoms with Crippen LogP contribution in [0.15, 0.2) is 24.3 Å². The smallest absolute Gasteiger partial charge is 0.265 e. The summed E-state index contributed by atoms with van der Waals surface area (Å²) in [5, 5.41) is 10.5. The molecule has 0 radical (unpaired) electrons. The maximum absolute atomic E-state index is 13.3. The molecule has 4 heterocycles. The lowest BCUT2D eigenvalue weighted by molar-refractivity contribution is 0.0708. The van der Waals surface area contributed by atoms with Crippen molar-refractivity contribution in [3.63, 3.8) is 0 Å². The number of likely N-dealkylation sites (tertiary alicyclic amines) is 1. The SMILES string of the molecule is O=C(c1sc2ccccc2c1Cl)N1CCCC(c2nnc3n2CCCCC3)C1. The first-order valence-corrected chi connectivity index (χ1v) is 11.3. The van der Waals surface area contributed by atoms with Gasteiger partial charge in [-0.3, -0.25) is 4.79 Å². The van der Waals surface area contributed by atoms with Crippen LogP contribution in [-0.2, 0) is 13.0 Å². The molecule has 0 aliphatic carbocycles. The molecule has 2 aliphatic heterocycles. The third-order valence-corrected chi connectivity index (χ3v) is 7.60. The van der Waals surface area contributed by atoms with Crippen molar-refractivity contribution in [2.45, 2.75) is 51.0 Å². The van der Waals surface area contributed by atoms with E-state index in [-0.39, 0.29) is 11.8 Å². The number of fused-ring (bicyclic) bond motifs is 2. The quantitative estimate of drug-likeness (QED) is 0.599. The van der Waals surface area contributed by atoms with E-state index in [4.69, 9.17) is 11.6 Å². The number of carbonyl (C=O) groups excluding carboxylic acids is 1. The molecule has 3 aromatic rings. The van der Waals surface area contributed by atoms with Crippen molar-refractivity contribution in [2.24, 2.45) is 0 Å². The Morgan fingerprint density at radius 2 is 2.00 bits per heavy atom. The number of amides is 1. The van der Waals surface area contributed by atoms with Crippen LogP contribution in [0.3, 0.4) is 0 Å². The second-order valence-corrected chi connectivity index (χ2v) is 9.20. The van der Waals surface area contributed by atoms with Crippen molar-refractivity contribution in [3.8, 4) is 0 Å². The topological polar surface area (TPSA) is 51.0 Å². The van der Waals surface area contributed by atoms with Crippen LogP contribution in [0, 0.1) is 0 Å². The predicted molar refractivity (Wildman–Crippen MR) is 112 cm³/mol. The Kier molecular flexibility index (Phi) is 4.85. The zero-order valence-electron chi connectivity index (χ0n) is 15.7. The van der Waals surface area contributed by atoms with E-state index in [9.17, 15) is 4.79 Å². The number of piperidine rings is 1. The van der Waals surface area contributed by atoms with Crippen LogP contribution in [0.2, 0.25) is 5.02 Å². The van der Waals surface area contributed by atoms with E-state index >= 15 is 0 Å². The third kappa shape index (κ3) is 3.12. The molecule has 0 N–H and O–H groups in total. The van der Waals surface area contributed by atoms with Gasteiger partial charge in [0.1, 0.15) is 16.5 Å². The lowest BCUT2D eigenvalue weighted by atomic mass is 9.97. The molecule has 1 aromatic carbocycles. The molecule has 0 bridgehead atoms. The molecule has 0 spiro atoms. The van der Waals surface area contributed by atoms with Gasteiger partial charge >= 0.3 is 0 Å². The van der Waals surface area contributed by atoms with Crippen molar-refractivity contribution in [1.29, 1.82) is 0 Å². The van der Waals surface area contributed by atoms with E-state index in [1.165, 1.54) is 30.6 Å². The summed E-state index contributed by atoms with van der Waals surface area (Å²) >= 11 is 8.05. The van der Waals surface area contributed by atoms with E-state index in [0.717, 1.165) is 54.1 Å². The number of rotatable bonds is 2. The lowest BCUT2D eigenvalue weighted by Gasteiger charge is -2.32. The average Bonchev–Trinajstić information content (AvgIpc) is 3.20. The Balaban J connectivity index is 1.40. The monoisotopic (exact) mass is 414 g/mol. The predicted octanol–water partition coefficient (Wildman–Crippen LogP) is 4.89. The lowest BCUT2D eigenvalue weighted by Crippen LogP contribution is -2.39. The molecule has 2 aliphatic rings. The number of thiophene rings is 1. The highest BCUT2D eigenvalue weighted by Crippen LogP contribution is 2.37. The Morgan fingerprint density at radius 1 is 1.11 bits per heavy atom. The largest absolute Gasteiger partial charge is 0.337 e. The standard InChI is InChI=1S/C21H23ClN4OS/c22-18-15-8-3-4-9-16(15)28-19(18)21(27)25-11-6-7-14(13-25)20-24-23-17-10-2-1-5-12-26(17)20/h3-4,8-9,14H,1-2,5-7,10-13H2. The van der Waals surface area contributed by atoms with Crippen molar-refractivity contribution in [2.75, 3.05) is 13.1 Å². The Hall–Kier alpha value is -1.92. The number of carbonyl (C=O) groups is 1. The molecular formula is C21H23ClN4OS. The highest BCUT2D eigenvalue weighted by Gasteiger charge is 2.31. The molecular weight excluding hydrogens is 392 g/mol. The fourth-order valence-electron chi connectivity index (χ4n) is 4.48. The zero-order valence-corrected chi connectivity index (χ0v) is 17.3. The normalized spacial score (nSPS) is 20.2. The van der Waals surface area contributed by atoms with Crippen molar-refractivity contribution in [3.05, 3.63) is 45.8 Å². The van der Waals surface area contributed by atoms with Crippen molar-refractivity contribution >= 4 is 38.9 Å². The van der Waals surface area contributed by atoms with Crippen LogP contribution >= 0.6 is 22.9 Å². The van der Waals surface area contributed by atoms with Gasteiger partial charge in [0.2, 0.25) is 0 Å². The van der Waals surface area contributed by atoms with Gasteiger partial charge in [-0.25, -0.2) is 0 Å². The number of aryl methyl sites for hydroxylation is 1. The highest BCUT2D eigenvalue weighted by molar-refractivity contribution is 7.21. The summed E-state index contributed by atoms with van der Waals surface area (Å²) in [5.74, 6) is 2.48. The summed E-state index contributed by atoms with van der Waals surface area (Å²) in [5.41, 5.74) is 0. The molecule has 7 heteroatoms. The highest BCUT2D eigenvalue weighted by atomic mass is 35.5. The molecule has 1 saturated heterocycles. The van der Waals surface area contributed by atoms with Gasteiger partial charge in [-0.2, -0.15) is 0 Å². The minimum Gasteiger partial charge on any atom is -0.337 e. The Morgan fingerprint density at radius 3 is 2.89 bits per heavy atom. The molecule has 0 saturated carbocycles. The molecule has 5 rings (SSSR count). The summed E-state index contributed by atoms with van der Waals surface area (Å²) in [6, 6.07) is 7.95. The van der Waals surface area contributed by atoms with Gasteiger partial charge < -0.3 is 9.47 Å². The van der Waals surface area contributed by atoms with Crippen LogP contribution in [0.25, 0.3) is 10.1 Å². The summed E-state index contributed by atoms with van der Waals surface area (Å²) in [4.78, 5) is 15.9. The maximum Gasteiger partial charge on any atom is 0.265 e. The molecule has 28 heavy (non-hydrogen) atoms.